The van der Waals surface area contributed by atoms with Crippen molar-refractivity contribution in [2.24, 2.45) is 5.92 Å². The van der Waals surface area contributed by atoms with Gasteiger partial charge in [-0.05, 0) is 62.3 Å². The second-order valence-electron chi connectivity index (χ2n) is 5.53. The number of nitrogens with one attached hydrogen (secondary N) is 1. The van der Waals surface area contributed by atoms with Crippen LogP contribution in [-0.4, -0.2) is 19.7 Å². The molecule has 1 aliphatic heterocycles. The van der Waals surface area contributed by atoms with E-state index in [9.17, 15) is 0 Å². The molecule has 0 amide bonds. The molecular formula is C16H25NO. The summed E-state index contributed by atoms with van der Waals surface area (Å²) < 4.78 is 5.17. The summed E-state index contributed by atoms with van der Waals surface area (Å²) in [5.41, 5.74) is 1.42. The fraction of sp³-hybridized carbons (Fsp3) is 0.625. The lowest BCUT2D eigenvalue weighted by Gasteiger charge is -2.27. The molecule has 1 aromatic rings. The molecule has 100 valence electrons. The first-order valence-corrected chi connectivity index (χ1v) is 7.14. The summed E-state index contributed by atoms with van der Waals surface area (Å²) in [6.45, 7) is 3.54. The van der Waals surface area contributed by atoms with Gasteiger partial charge in [-0.25, -0.2) is 0 Å². The van der Waals surface area contributed by atoms with E-state index in [1.54, 1.807) is 7.11 Å². The van der Waals surface area contributed by atoms with Crippen LogP contribution >= 0.6 is 0 Å². The Bertz CT molecular complexity index is 339. The summed E-state index contributed by atoms with van der Waals surface area (Å²) in [6.07, 6.45) is 6.50. The zero-order valence-electron chi connectivity index (χ0n) is 11.6. The number of hydrogen-bond donors (Lipinski definition) is 1. The molecule has 1 fully saturated rings. The predicted octanol–water partition coefficient (Wildman–Crippen LogP) is 3.41. The Labute approximate surface area is 111 Å². The molecule has 1 aromatic carbocycles. The molecule has 1 saturated heterocycles. The molecule has 2 atom stereocenters. The average Bonchev–Trinajstić information content (AvgIpc) is 2.42. The summed E-state index contributed by atoms with van der Waals surface area (Å²) in [7, 11) is 1.71. The minimum absolute atomic E-state index is 0.749. The van der Waals surface area contributed by atoms with Crippen LogP contribution in [0.4, 0.5) is 0 Å². The maximum absolute atomic E-state index is 5.17. The van der Waals surface area contributed by atoms with E-state index in [-0.39, 0.29) is 0 Å². The van der Waals surface area contributed by atoms with Gasteiger partial charge in [0.25, 0.3) is 0 Å². The van der Waals surface area contributed by atoms with Crippen LogP contribution in [0.15, 0.2) is 24.3 Å². The Morgan fingerprint density at radius 1 is 1.22 bits per heavy atom. The van der Waals surface area contributed by atoms with Crippen LogP contribution in [0, 0.1) is 5.92 Å². The van der Waals surface area contributed by atoms with Gasteiger partial charge in [-0.3, -0.25) is 0 Å². The van der Waals surface area contributed by atoms with Crippen LogP contribution in [0.5, 0.6) is 5.75 Å². The molecule has 0 aromatic heterocycles. The predicted molar refractivity (Wildman–Crippen MR) is 76.1 cm³/mol. The Hall–Kier alpha value is -1.02. The molecule has 0 spiro atoms. The standard InChI is InChI=1S/C16H25NO/c1-13-6-9-15(17-12-13)5-3-4-14-7-10-16(18-2)11-8-14/h7-8,10-11,13,15,17H,3-6,9,12H2,1-2H3. The molecule has 1 heterocycles. The molecule has 0 saturated carbocycles. The molecule has 0 aliphatic carbocycles. The maximum atomic E-state index is 5.17. The van der Waals surface area contributed by atoms with E-state index in [4.69, 9.17) is 4.74 Å². The van der Waals surface area contributed by atoms with Crippen molar-refractivity contribution in [1.29, 1.82) is 0 Å². The second-order valence-corrected chi connectivity index (χ2v) is 5.53. The van der Waals surface area contributed by atoms with Crippen LogP contribution in [0.25, 0.3) is 0 Å². The van der Waals surface area contributed by atoms with Crippen molar-refractivity contribution < 1.29 is 4.74 Å². The first-order valence-electron chi connectivity index (χ1n) is 7.14. The second kappa shape index (κ2) is 6.79. The normalized spacial score (nSPS) is 23.9. The molecule has 1 N–H and O–H groups in total. The van der Waals surface area contributed by atoms with Crippen LogP contribution in [0.2, 0.25) is 0 Å². The van der Waals surface area contributed by atoms with Crippen LogP contribution in [-0.2, 0) is 6.42 Å². The lowest BCUT2D eigenvalue weighted by Crippen LogP contribution is -2.37. The summed E-state index contributed by atoms with van der Waals surface area (Å²) in [4.78, 5) is 0. The number of rotatable bonds is 5. The van der Waals surface area contributed by atoms with Gasteiger partial charge in [-0.1, -0.05) is 19.1 Å². The number of hydrogen-bond acceptors (Lipinski definition) is 2. The van der Waals surface area contributed by atoms with Crippen molar-refractivity contribution in [3.63, 3.8) is 0 Å². The fourth-order valence-corrected chi connectivity index (χ4v) is 2.65. The third kappa shape index (κ3) is 4.02. The molecule has 2 rings (SSSR count). The summed E-state index contributed by atoms with van der Waals surface area (Å²) >= 11 is 0. The molecule has 1 aliphatic rings. The molecule has 0 radical (unpaired) electrons. The van der Waals surface area contributed by atoms with Gasteiger partial charge in [-0.2, -0.15) is 0 Å². The van der Waals surface area contributed by atoms with Gasteiger partial charge < -0.3 is 10.1 Å². The highest BCUT2D eigenvalue weighted by Crippen LogP contribution is 2.18. The zero-order valence-corrected chi connectivity index (χ0v) is 11.6. The maximum Gasteiger partial charge on any atom is 0.118 e. The van der Waals surface area contributed by atoms with Gasteiger partial charge in [0.1, 0.15) is 5.75 Å². The molecule has 0 bridgehead atoms. The highest BCUT2D eigenvalue weighted by molar-refractivity contribution is 5.27. The first-order chi connectivity index (χ1) is 8.78. The van der Waals surface area contributed by atoms with Gasteiger partial charge in [0, 0.05) is 6.04 Å². The van der Waals surface area contributed by atoms with E-state index in [2.05, 4.69) is 36.5 Å². The van der Waals surface area contributed by atoms with E-state index in [1.165, 1.54) is 44.2 Å². The third-order valence-electron chi connectivity index (χ3n) is 3.94. The van der Waals surface area contributed by atoms with Crippen molar-refractivity contribution in [3.8, 4) is 5.75 Å². The van der Waals surface area contributed by atoms with Gasteiger partial charge >= 0.3 is 0 Å². The monoisotopic (exact) mass is 247 g/mol. The minimum Gasteiger partial charge on any atom is -0.497 e. The van der Waals surface area contributed by atoms with Crippen molar-refractivity contribution in [2.45, 2.75) is 45.1 Å². The van der Waals surface area contributed by atoms with Crippen molar-refractivity contribution in [1.82, 2.24) is 5.32 Å². The molecule has 18 heavy (non-hydrogen) atoms. The molecule has 2 heteroatoms. The Kier molecular flexibility index (Phi) is 5.06. The average molecular weight is 247 g/mol. The Morgan fingerprint density at radius 2 is 2.00 bits per heavy atom. The third-order valence-corrected chi connectivity index (χ3v) is 3.94. The number of aryl methyl sites for hydroxylation is 1. The largest absolute Gasteiger partial charge is 0.497 e. The van der Waals surface area contributed by atoms with E-state index in [0.29, 0.717) is 0 Å². The first kappa shape index (κ1) is 13.4. The topological polar surface area (TPSA) is 21.3 Å². The number of benzene rings is 1. The summed E-state index contributed by atoms with van der Waals surface area (Å²) in [6, 6.07) is 9.20. The van der Waals surface area contributed by atoms with Gasteiger partial charge in [-0.15, -0.1) is 0 Å². The molecule has 2 nitrogen and oxygen atoms in total. The van der Waals surface area contributed by atoms with Crippen molar-refractivity contribution in [3.05, 3.63) is 29.8 Å². The Morgan fingerprint density at radius 3 is 2.61 bits per heavy atom. The van der Waals surface area contributed by atoms with Gasteiger partial charge in [0.2, 0.25) is 0 Å². The molecule has 2 unspecified atom stereocenters. The van der Waals surface area contributed by atoms with Crippen LogP contribution < -0.4 is 10.1 Å². The van der Waals surface area contributed by atoms with Crippen LogP contribution in [0.1, 0.15) is 38.2 Å². The van der Waals surface area contributed by atoms with E-state index < -0.39 is 0 Å². The van der Waals surface area contributed by atoms with Gasteiger partial charge in [0.15, 0.2) is 0 Å². The number of piperidine rings is 1. The lowest BCUT2D eigenvalue weighted by molar-refractivity contribution is 0.312. The summed E-state index contributed by atoms with van der Waals surface area (Å²) in [5, 5.41) is 3.65. The van der Waals surface area contributed by atoms with E-state index in [1.807, 2.05) is 0 Å². The van der Waals surface area contributed by atoms with Gasteiger partial charge in [0.05, 0.1) is 7.11 Å². The highest BCUT2D eigenvalue weighted by Gasteiger charge is 2.16. The quantitative estimate of drug-likeness (QED) is 0.861. The molecular weight excluding hydrogens is 222 g/mol. The van der Waals surface area contributed by atoms with E-state index >= 15 is 0 Å². The highest BCUT2D eigenvalue weighted by atomic mass is 16.5. The van der Waals surface area contributed by atoms with Crippen molar-refractivity contribution in [2.75, 3.05) is 13.7 Å². The Balaban J connectivity index is 1.68. The lowest BCUT2D eigenvalue weighted by atomic mass is 9.93. The smallest absolute Gasteiger partial charge is 0.118 e. The summed E-state index contributed by atoms with van der Waals surface area (Å²) in [5.74, 6) is 1.81. The fourth-order valence-electron chi connectivity index (χ4n) is 2.65. The van der Waals surface area contributed by atoms with E-state index in [0.717, 1.165) is 17.7 Å². The number of methoxy groups -OCH3 is 1. The SMILES string of the molecule is COc1ccc(CCCC2CCC(C)CN2)cc1. The van der Waals surface area contributed by atoms with Crippen LogP contribution in [0.3, 0.4) is 0 Å². The minimum atomic E-state index is 0.749. The van der Waals surface area contributed by atoms with Crippen molar-refractivity contribution >= 4 is 0 Å². The zero-order chi connectivity index (χ0) is 12.8. The number of ether oxygens (including phenoxy) is 1.